The number of aliphatic imine (C=N–C) groups is 1. The van der Waals surface area contributed by atoms with Crippen LogP contribution in [-0.4, -0.2) is 53.8 Å². The second-order valence-corrected chi connectivity index (χ2v) is 9.97. The van der Waals surface area contributed by atoms with E-state index >= 15 is 0 Å². The number of carbonyl (C=O) groups is 2. The number of nitrogens with two attached hydrogens (primary N) is 1. The highest BCUT2D eigenvalue weighted by atomic mass is 19.4. The molecule has 0 aliphatic carbocycles. The minimum absolute atomic E-state index is 0.0167. The Hall–Kier alpha value is -4.74. The Balaban J connectivity index is 1.91. The number of halogens is 7. The van der Waals surface area contributed by atoms with Crippen molar-refractivity contribution >= 4 is 29.1 Å². The SMILES string of the molecule is Cc1cc(C(F)(C(F)(F)F)C(F)(F)F)cc(C)c1NC(=O)c1cccc(N(CCCN=C(N)NN([O-])O)C(=O)c2ccccc2)c1. The summed E-state index contributed by atoms with van der Waals surface area (Å²) in [5.41, 5.74) is -0.185. The zero-order valence-corrected chi connectivity index (χ0v) is 24.2. The Morgan fingerprint density at radius 3 is 2.00 bits per heavy atom. The molecule has 3 aromatic carbocycles. The van der Waals surface area contributed by atoms with Crippen LogP contribution >= 0.6 is 0 Å². The van der Waals surface area contributed by atoms with Crippen molar-refractivity contribution in [2.24, 2.45) is 10.7 Å². The standard InChI is InChI=1S/C29H28F7N6O4/c1-17-14-21(27(30,28(31,32)33)29(34,35)36)15-18(2)23(17)39-24(43)20-10-6-11-22(16-20)41(25(44)19-8-4-3-5-9-19)13-7-12-38-26(37)40-42(45)46/h3-6,8-11,14-16,45H,7,12-13H2,1-2H3,(H,39,43)(H3,37,38,40)/q-1. The lowest BCUT2D eigenvalue weighted by atomic mass is 9.90. The van der Waals surface area contributed by atoms with Gasteiger partial charge in [0.05, 0.1) is 0 Å². The van der Waals surface area contributed by atoms with Gasteiger partial charge in [-0.1, -0.05) is 36.4 Å². The molecule has 0 aromatic heterocycles. The van der Waals surface area contributed by atoms with Crippen LogP contribution in [0.2, 0.25) is 0 Å². The molecule has 0 unspecified atom stereocenters. The van der Waals surface area contributed by atoms with Gasteiger partial charge in [-0.3, -0.25) is 20.0 Å². The highest BCUT2D eigenvalue weighted by Crippen LogP contribution is 2.53. The molecular formula is C29H28F7N6O4-. The van der Waals surface area contributed by atoms with Crippen molar-refractivity contribution in [1.29, 1.82) is 0 Å². The number of guanidine groups is 1. The number of nitrogens with zero attached hydrogens (tertiary/aromatic N) is 3. The largest absolute Gasteiger partial charge is 0.744 e. The summed E-state index contributed by atoms with van der Waals surface area (Å²) in [6, 6.07) is 14.5. The summed E-state index contributed by atoms with van der Waals surface area (Å²) >= 11 is 0. The number of nitrogens with one attached hydrogen (secondary N) is 2. The zero-order chi connectivity index (χ0) is 34.4. The molecule has 0 heterocycles. The van der Waals surface area contributed by atoms with Crippen molar-refractivity contribution in [1.82, 2.24) is 10.8 Å². The first kappa shape index (κ1) is 35.7. The molecule has 3 aromatic rings. The minimum Gasteiger partial charge on any atom is -0.744 e. The molecule has 46 heavy (non-hydrogen) atoms. The van der Waals surface area contributed by atoms with Gasteiger partial charge in [0, 0.05) is 41.2 Å². The van der Waals surface area contributed by atoms with Gasteiger partial charge >= 0.3 is 18.0 Å². The number of carbonyl (C=O) groups excluding carboxylic acids is 2. The van der Waals surface area contributed by atoms with Crippen molar-refractivity contribution in [3.8, 4) is 0 Å². The molecule has 2 amide bonds. The van der Waals surface area contributed by atoms with E-state index in [-0.39, 0.29) is 53.5 Å². The lowest BCUT2D eigenvalue weighted by molar-refractivity contribution is -0.348. The van der Waals surface area contributed by atoms with Gasteiger partial charge in [-0.15, -0.1) is 0 Å². The number of hydrazine groups is 1. The molecule has 3 rings (SSSR count). The second kappa shape index (κ2) is 14.1. The van der Waals surface area contributed by atoms with Gasteiger partial charge in [-0.05, 0) is 61.7 Å². The van der Waals surface area contributed by atoms with Crippen LogP contribution in [0.4, 0.5) is 42.1 Å². The third-order valence-electron chi connectivity index (χ3n) is 6.67. The highest BCUT2D eigenvalue weighted by molar-refractivity contribution is 6.08. The molecule has 0 atom stereocenters. The van der Waals surface area contributed by atoms with E-state index in [1.54, 1.807) is 35.8 Å². The van der Waals surface area contributed by atoms with Crippen LogP contribution in [0, 0.1) is 19.1 Å². The summed E-state index contributed by atoms with van der Waals surface area (Å²) in [5.74, 6) is -1.66. The van der Waals surface area contributed by atoms with Crippen LogP contribution in [0.5, 0.6) is 0 Å². The average Bonchev–Trinajstić information content (AvgIpc) is 2.97. The quantitative estimate of drug-likeness (QED) is 0.0699. The van der Waals surface area contributed by atoms with E-state index in [2.05, 4.69) is 10.3 Å². The molecule has 0 bridgehead atoms. The molecule has 0 saturated carbocycles. The fraction of sp³-hybridized carbons (Fsp3) is 0.276. The van der Waals surface area contributed by atoms with Gasteiger partial charge < -0.3 is 26.4 Å². The molecular weight excluding hydrogens is 629 g/mol. The predicted molar refractivity (Wildman–Crippen MR) is 155 cm³/mol. The number of hydrogen-bond acceptors (Lipinski definition) is 6. The van der Waals surface area contributed by atoms with E-state index in [4.69, 9.17) is 10.9 Å². The average molecular weight is 658 g/mol. The van der Waals surface area contributed by atoms with Crippen LogP contribution in [0.1, 0.15) is 43.8 Å². The van der Waals surface area contributed by atoms with Gasteiger partial charge in [0.25, 0.3) is 11.8 Å². The van der Waals surface area contributed by atoms with Gasteiger partial charge in [0.1, 0.15) is 0 Å². The van der Waals surface area contributed by atoms with Crippen LogP contribution in [0.15, 0.2) is 71.7 Å². The fourth-order valence-electron chi connectivity index (χ4n) is 4.49. The minimum atomic E-state index is -6.30. The summed E-state index contributed by atoms with van der Waals surface area (Å²) in [7, 11) is 0. The van der Waals surface area contributed by atoms with E-state index < -0.39 is 40.7 Å². The van der Waals surface area contributed by atoms with Gasteiger partial charge in [-0.25, -0.2) is 4.39 Å². The molecule has 0 aliphatic rings. The topological polar surface area (TPSA) is 146 Å². The van der Waals surface area contributed by atoms with E-state index in [0.29, 0.717) is 17.7 Å². The van der Waals surface area contributed by atoms with Crippen molar-refractivity contribution < 1.29 is 45.5 Å². The van der Waals surface area contributed by atoms with Crippen LogP contribution in [0.25, 0.3) is 0 Å². The summed E-state index contributed by atoms with van der Waals surface area (Å²) in [4.78, 5) is 31.8. The lowest BCUT2D eigenvalue weighted by Gasteiger charge is -2.31. The van der Waals surface area contributed by atoms with E-state index in [1.165, 1.54) is 29.2 Å². The number of rotatable bonds is 10. The Kier molecular flexibility index (Phi) is 11.0. The van der Waals surface area contributed by atoms with Crippen molar-refractivity contribution in [2.45, 2.75) is 38.3 Å². The number of alkyl halides is 7. The van der Waals surface area contributed by atoms with Crippen molar-refractivity contribution in [2.75, 3.05) is 23.3 Å². The first-order valence-electron chi connectivity index (χ1n) is 13.3. The number of hydrogen-bond donors (Lipinski definition) is 4. The van der Waals surface area contributed by atoms with Crippen LogP contribution < -0.4 is 21.4 Å². The van der Waals surface area contributed by atoms with E-state index in [9.17, 15) is 45.5 Å². The molecule has 248 valence electrons. The van der Waals surface area contributed by atoms with Gasteiger partial charge in [0.15, 0.2) is 0 Å². The van der Waals surface area contributed by atoms with Crippen LogP contribution in [-0.2, 0) is 5.67 Å². The maximum atomic E-state index is 14.7. The number of benzene rings is 3. The molecule has 10 nitrogen and oxygen atoms in total. The number of anilines is 2. The molecule has 5 N–H and O–H groups in total. The lowest BCUT2D eigenvalue weighted by Crippen LogP contribution is -2.50. The number of amides is 2. The summed E-state index contributed by atoms with van der Waals surface area (Å²) in [5, 5.41) is 21.0. The molecule has 17 heteroatoms. The summed E-state index contributed by atoms with van der Waals surface area (Å²) in [6.07, 6.45) is -12.4. The molecule has 0 aliphatic heterocycles. The van der Waals surface area contributed by atoms with Crippen molar-refractivity contribution in [3.63, 3.8) is 0 Å². The maximum absolute atomic E-state index is 14.7. The maximum Gasteiger partial charge on any atom is 0.435 e. The third kappa shape index (κ3) is 8.09. The third-order valence-corrected chi connectivity index (χ3v) is 6.67. The van der Waals surface area contributed by atoms with E-state index in [1.807, 2.05) is 0 Å². The first-order chi connectivity index (χ1) is 21.4. The zero-order valence-electron chi connectivity index (χ0n) is 24.2. The van der Waals surface area contributed by atoms with Crippen molar-refractivity contribution in [3.05, 3.63) is 99.8 Å². The second-order valence-electron chi connectivity index (χ2n) is 9.97. The van der Waals surface area contributed by atoms with Gasteiger partial charge in [0.2, 0.25) is 5.96 Å². The first-order valence-corrected chi connectivity index (χ1v) is 13.3. The Morgan fingerprint density at radius 2 is 1.46 bits per heavy atom. The normalized spacial score (nSPS) is 12.7. The van der Waals surface area contributed by atoms with Crippen LogP contribution in [0.3, 0.4) is 0 Å². The predicted octanol–water partition coefficient (Wildman–Crippen LogP) is 5.89. The highest BCUT2D eigenvalue weighted by Gasteiger charge is 2.73. The molecule has 0 spiro atoms. The number of aryl methyl sites for hydroxylation is 2. The molecule has 0 saturated heterocycles. The fourth-order valence-corrected chi connectivity index (χ4v) is 4.49. The summed E-state index contributed by atoms with van der Waals surface area (Å²) < 4.78 is 94.4. The monoisotopic (exact) mass is 657 g/mol. The Bertz CT molecular complexity index is 1540. The Morgan fingerprint density at radius 1 is 0.891 bits per heavy atom. The van der Waals surface area contributed by atoms with Gasteiger partial charge in [-0.2, -0.15) is 31.7 Å². The molecule has 0 fully saturated rings. The Labute approximate surface area is 257 Å². The molecule has 0 radical (unpaired) electrons. The summed E-state index contributed by atoms with van der Waals surface area (Å²) in [6.45, 7) is 2.30. The smallest absolute Gasteiger partial charge is 0.435 e. The van der Waals surface area contributed by atoms with E-state index in [0.717, 1.165) is 13.8 Å².